The molecule has 1 saturated heterocycles. The van der Waals surface area contributed by atoms with Crippen molar-refractivity contribution in [1.82, 2.24) is 5.32 Å². The zero-order valence-electron chi connectivity index (χ0n) is 10.9. The number of carbonyl (C=O) groups excluding carboxylic acids is 2. The highest BCUT2D eigenvalue weighted by atomic mass is 79.9. The summed E-state index contributed by atoms with van der Waals surface area (Å²) in [5.74, 6) is -0.250. The van der Waals surface area contributed by atoms with Crippen molar-refractivity contribution in [3.63, 3.8) is 0 Å². The van der Waals surface area contributed by atoms with E-state index >= 15 is 0 Å². The second kappa shape index (κ2) is 6.19. The molecule has 1 atom stereocenters. The molecule has 0 aromatic heterocycles. The summed E-state index contributed by atoms with van der Waals surface area (Å²) in [6.07, 6.45) is 1.20. The van der Waals surface area contributed by atoms with Gasteiger partial charge in [-0.15, -0.1) is 0 Å². The lowest BCUT2D eigenvalue weighted by Gasteiger charge is -2.17. The third kappa shape index (κ3) is 3.35. The third-order valence-corrected chi connectivity index (χ3v) is 3.66. The predicted molar refractivity (Wildman–Crippen MR) is 77.9 cm³/mol. The Morgan fingerprint density at radius 3 is 3.00 bits per heavy atom. The van der Waals surface area contributed by atoms with Gasteiger partial charge in [0, 0.05) is 29.7 Å². The van der Waals surface area contributed by atoms with E-state index in [1.54, 1.807) is 4.90 Å². The number of hydrogen-bond donors (Lipinski definition) is 1. The molecule has 5 heteroatoms. The largest absolute Gasteiger partial charge is 0.356 e. The number of nitrogens with zero attached hydrogens (tertiary/aromatic N) is 1. The Balaban J connectivity index is 2.05. The predicted octanol–water partition coefficient (Wildman–Crippen LogP) is 2.33. The van der Waals surface area contributed by atoms with E-state index in [1.807, 2.05) is 31.2 Å². The maximum absolute atomic E-state index is 12.0. The minimum atomic E-state index is -0.238. The Bertz CT molecular complexity index is 490. The molecule has 102 valence electrons. The fraction of sp³-hybridized carbons (Fsp3) is 0.429. The zero-order valence-corrected chi connectivity index (χ0v) is 12.4. The highest BCUT2D eigenvalue weighted by Gasteiger charge is 2.34. The van der Waals surface area contributed by atoms with Gasteiger partial charge in [-0.05, 0) is 24.6 Å². The second-order valence-corrected chi connectivity index (χ2v) is 5.59. The van der Waals surface area contributed by atoms with Crippen molar-refractivity contribution < 1.29 is 9.59 Å². The fourth-order valence-corrected chi connectivity index (χ4v) is 2.56. The first kappa shape index (κ1) is 14.1. The highest BCUT2D eigenvalue weighted by molar-refractivity contribution is 9.10. The van der Waals surface area contributed by atoms with Gasteiger partial charge in [0.2, 0.25) is 11.8 Å². The molecule has 0 spiro atoms. The lowest BCUT2D eigenvalue weighted by Crippen LogP contribution is -2.33. The zero-order chi connectivity index (χ0) is 13.8. The van der Waals surface area contributed by atoms with Crippen LogP contribution in [0.4, 0.5) is 5.69 Å². The quantitative estimate of drug-likeness (QED) is 0.924. The molecule has 1 aromatic rings. The van der Waals surface area contributed by atoms with Crippen LogP contribution in [0.5, 0.6) is 0 Å². The smallest absolute Gasteiger partial charge is 0.227 e. The number of halogens is 1. The van der Waals surface area contributed by atoms with Gasteiger partial charge >= 0.3 is 0 Å². The van der Waals surface area contributed by atoms with Crippen LogP contribution >= 0.6 is 15.9 Å². The van der Waals surface area contributed by atoms with Crippen LogP contribution < -0.4 is 10.2 Å². The fourth-order valence-electron chi connectivity index (χ4n) is 2.17. The monoisotopic (exact) mass is 324 g/mol. The Morgan fingerprint density at radius 2 is 2.32 bits per heavy atom. The van der Waals surface area contributed by atoms with Gasteiger partial charge in [0.15, 0.2) is 0 Å². The molecule has 0 radical (unpaired) electrons. The molecule has 1 fully saturated rings. The van der Waals surface area contributed by atoms with Crippen LogP contribution in [0.2, 0.25) is 0 Å². The molecule has 1 aliphatic heterocycles. The minimum Gasteiger partial charge on any atom is -0.356 e. The number of carbonyl (C=O) groups is 2. The van der Waals surface area contributed by atoms with Crippen LogP contribution in [-0.2, 0) is 9.59 Å². The number of hydrogen-bond acceptors (Lipinski definition) is 2. The molecule has 2 amide bonds. The molecule has 1 unspecified atom stereocenters. The highest BCUT2D eigenvalue weighted by Crippen LogP contribution is 2.27. The van der Waals surface area contributed by atoms with Crippen LogP contribution in [0.15, 0.2) is 28.7 Å². The molecular formula is C14H17BrN2O2. The van der Waals surface area contributed by atoms with Crippen molar-refractivity contribution in [2.75, 3.05) is 18.0 Å². The van der Waals surface area contributed by atoms with Crippen LogP contribution in [-0.4, -0.2) is 24.9 Å². The first-order chi connectivity index (χ1) is 9.11. The standard InChI is InChI=1S/C14H17BrN2O2/c1-2-6-16-14(19)10-7-13(18)17(9-10)12-5-3-4-11(15)8-12/h3-5,8,10H,2,6-7,9H2,1H3,(H,16,19). The topological polar surface area (TPSA) is 49.4 Å². The average molecular weight is 325 g/mol. The lowest BCUT2D eigenvalue weighted by atomic mass is 10.1. The van der Waals surface area contributed by atoms with Crippen molar-refractivity contribution in [2.24, 2.45) is 5.92 Å². The molecule has 1 aliphatic rings. The molecule has 1 aromatic carbocycles. The van der Waals surface area contributed by atoms with E-state index < -0.39 is 0 Å². The van der Waals surface area contributed by atoms with Crippen molar-refractivity contribution in [3.8, 4) is 0 Å². The Kier molecular flexibility index (Phi) is 4.58. The van der Waals surface area contributed by atoms with Gasteiger partial charge in [0.05, 0.1) is 5.92 Å². The summed E-state index contributed by atoms with van der Waals surface area (Å²) in [5.41, 5.74) is 0.838. The van der Waals surface area contributed by atoms with E-state index in [2.05, 4.69) is 21.2 Å². The third-order valence-electron chi connectivity index (χ3n) is 3.16. The van der Waals surface area contributed by atoms with Gasteiger partial charge in [-0.3, -0.25) is 9.59 Å². The molecule has 2 rings (SSSR count). The van der Waals surface area contributed by atoms with E-state index in [4.69, 9.17) is 0 Å². The maximum Gasteiger partial charge on any atom is 0.227 e. The van der Waals surface area contributed by atoms with Crippen LogP contribution in [0.25, 0.3) is 0 Å². The van der Waals surface area contributed by atoms with Crippen LogP contribution in [0.1, 0.15) is 19.8 Å². The average Bonchev–Trinajstić information content (AvgIpc) is 2.78. The van der Waals surface area contributed by atoms with Crippen LogP contribution in [0, 0.1) is 5.92 Å². The first-order valence-electron chi connectivity index (χ1n) is 6.45. The number of rotatable bonds is 4. The molecule has 1 N–H and O–H groups in total. The van der Waals surface area contributed by atoms with Crippen molar-refractivity contribution in [3.05, 3.63) is 28.7 Å². The Morgan fingerprint density at radius 1 is 1.53 bits per heavy atom. The Hall–Kier alpha value is -1.36. The molecule has 0 saturated carbocycles. The molecule has 0 bridgehead atoms. The van der Waals surface area contributed by atoms with Gasteiger partial charge in [-0.1, -0.05) is 28.9 Å². The molecule has 0 aliphatic carbocycles. The summed E-state index contributed by atoms with van der Waals surface area (Å²) in [5, 5.41) is 2.85. The van der Waals surface area contributed by atoms with Gasteiger partial charge < -0.3 is 10.2 Å². The summed E-state index contributed by atoms with van der Waals surface area (Å²) in [6, 6.07) is 7.58. The molecule has 4 nitrogen and oxygen atoms in total. The van der Waals surface area contributed by atoms with E-state index in [0.29, 0.717) is 19.5 Å². The van der Waals surface area contributed by atoms with E-state index in [1.165, 1.54) is 0 Å². The summed E-state index contributed by atoms with van der Waals surface area (Å²) >= 11 is 3.39. The Labute approximate surface area is 121 Å². The van der Waals surface area contributed by atoms with Gasteiger partial charge in [0.1, 0.15) is 0 Å². The van der Waals surface area contributed by atoms with E-state index in [0.717, 1.165) is 16.6 Å². The van der Waals surface area contributed by atoms with E-state index in [-0.39, 0.29) is 17.7 Å². The number of amides is 2. The molecular weight excluding hydrogens is 308 g/mol. The van der Waals surface area contributed by atoms with Crippen molar-refractivity contribution >= 4 is 33.4 Å². The van der Waals surface area contributed by atoms with Gasteiger partial charge in [-0.25, -0.2) is 0 Å². The summed E-state index contributed by atoms with van der Waals surface area (Å²) in [4.78, 5) is 25.6. The lowest BCUT2D eigenvalue weighted by molar-refractivity contribution is -0.126. The van der Waals surface area contributed by atoms with Gasteiger partial charge in [0.25, 0.3) is 0 Å². The number of nitrogens with one attached hydrogen (secondary N) is 1. The SMILES string of the molecule is CCCNC(=O)C1CC(=O)N(c2cccc(Br)c2)C1. The van der Waals surface area contributed by atoms with Gasteiger partial charge in [-0.2, -0.15) is 0 Å². The molecule has 1 heterocycles. The first-order valence-corrected chi connectivity index (χ1v) is 7.24. The normalized spacial score (nSPS) is 18.7. The summed E-state index contributed by atoms with van der Waals surface area (Å²) in [6.45, 7) is 3.14. The summed E-state index contributed by atoms with van der Waals surface area (Å²) in [7, 11) is 0. The van der Waals surface area contributed by atoms with Crippen molar-refractivity contribution in [1.29, 1.82) is 0 Å². The summed E-state index contributed by atoms with van der Waals surface area (Å²) < 4.78 is 0.927. The number of benzene rings is 1. The minimum absolute atomic E-state index is 0.00903. The van der Waals surface area contributed by atoms with E-state index in [9.17, 15) is 9.59 Å². The maximum atomic E-state index is 12.0. The molecule has 19 heavy (non-hydrogen) atoms. The second-order valence-electron chi connectivity index (χ2n) is 4.68. The number of anilines is 1. The van der Waals surface area contributed by atoms with Crippen molar-refractivity contribution in [2.45, 2.75) is 19.8 Å². The van der Waals surface area contributed by atoms with Crippen LogP contribution in [0.3, 0.4) is 0 Å².